The number of fused-ring (bicyclic) bond motifs is 1. The molecular weight excluding hydrogens is 432 g/mol. The van der Waals surface area contributed by atoms with Crippen LogP contribution in [0.15, 0.2) is 55.0 Å². The highest BCUT2D eigenvalue weighted by Crippen LogP contribution is 2.27. The number of nitrogens with zero attached hydrogens (tertiary/aromatic N) is 5. The van der Waals surface area contributed by atoms with Crippen LogP contribution in [0.25, 0.3) is 16.7 Å². The number of piperazine rings is 1. The molecule has 0 bridgehead atoms. The minimum Gasteiger partial charge on any atom is -0.357 e. The van der Waals surface area contributed by atoms with Crippen molar-refractivity contribution in [3.63, 3.8) is 0 Å². The predicted molar refractivity (Wildman–Crippen MR) is 126 cm³/mol. The number of hydrogen-bond acceptors (Lipinski definition) is 5. The maximum atomic E-state index is 13.2. The molecule has 34 heavy (non-hydrogen) atoms. The fourth-order valence-electron chi connectivity index (χ4n) is 4.32. The molecule has 5 rings (SSSR count). The van der Waals surface area contributed by atoms with E-state index in [1.54, 1.807) is 40.3 Å². The first-order chi connectivity index (χ1) is 16.4. The van der Waals surface area contributed by atoms with Crippen LogP contribution in [0.3, 0.4) is 0 Å². The fourth-order valence-corrected chi connectivity index (χ4v) is 4.32. The first-order valence-electron chi connectivity index (χ1n) is 11.1. The Balaban J connectivity index is 1.35. The van der Waals surface area contributed by atoms with Gasteiger partial charge in [-0.3, -0.25) is 14.4 Å². The average Bonchev–Trinajstić information content (AvgIpc) is 3.51. The lowest BCUT2D eigenvalue weighted by Gasteiger charge is -2.34. The van der Waals surface area contributed by atoms with Crippen LogP contribution in [-0.2, 0) is 4.79 Å². The molecular formula is C25H24N6O3. The summed E-state index contributed by atoms with van der Waals surface area (Å²) >= 11 is 0. The zero-order valence-corrected chi connectivity index (χ0v) is 19.0. The molecule has 172 valence electrons. The molecule has 1 fully saturated rings. The van der Waals surface area contributed by atoms with Gasteiger partial charge < -0.3 is 14.8 Å². The van der Waals surface area contributed by atoms with Gasteiger partial charge >= 0.3 is 0 Å². The van der Waals surface area contributed by atoms with Crippen molar-refractivity contribution < 1.29 is 14.4 Å². The Morgan fingerprint density at radius 3 is 2.32 bits per heavy atom. The second-order valence-electron chi connectivity index (χ2n) is 8.40. The Labute approximate surface area is 196 Å². The summed E-state index contributed by atoms with van der Waals surface area (Å²) in [6, 6.07) is 10.9. The van der Waals surface area contributed by atoms with Crippen LogP contribution in [0, 0.1) is 13.8 Å². The molecule has 0 saturated carbocycles. The van der Waals surface area contributed by atoms with E-state index in [0.29, 0.717) is 54.0 Å². The quantitative estimate of drug-likeness (QED) is 0.375. The highest BCUT2D eigenvalue weighted by Gasteiger charge is 2.30. The Hall–Kier alpha value is -4.27. The molecule has 1 aliphatic rings. The zero-order chi connectivity index (χ0) is 23.8. The number of aryl methyl sites for hydroxylation is 2. The summed E-state index contributed by atoms with van der Waals surface area (Å²) in [5.41, 5.74) is 3.21. The number of rotatable bonds is 4. The molecule has 4 aromatic rings. The second kappa shape index (κ2) is 8.58. The van der Waals surface area contributed by atoms with Gasteiger partial charge in [-0.05, 0) is 37.6 Å². The number of hydrogen-bond donors (Lipinski definition) is 1. The van der Waals surface area contributed by atoms with Gasteiger partial charge in [-0.25, -0.2) is 9.67 Å². The first kappa shape index (κ1) is 21.6. The van der Waals surface area contributed by atoms with Gasteiger partial charge in [0, 0.05) is 55.7 Å². The summed E-state index contributed by atoms with van der Waals surface area (Å²) in [6.45, 7) is 5.13. The molecule has 0 atom stereocenters. The lowest BCUT2D eigenvalue weighted by atomic mass is 10.1. The number of aromatic nitrogens is 4. The van der Waals surface area contributed by atoms with Gasteiger partial charge in [0.05, 0.1) is 16.8 Å². The number of H-pyrrole nitrogens is 1. The number of benzene rings is 1. The topological polar surface area (TPSA) is 104 Å². The Kier molecular flexibility index (Phi) is 5.45. The fraction of sp³-hybridized carbons (Fsp3) is 0.240. The summed E-state index contributed by atoms with van der Waals surface area (Å²) in [5.74, 6) is -0.653. The second-order valence-corrected chi connectivity index (χ2v) is 8.40. The molecule has 0 radical (unpaired) electrons. The summed E-state index contributed by atoms with van der Waals surface area (Å²) in [4.78, 5) is 49.8. The number of Topliss-reactive ketones (excluding diaryl/α,β-unsaturated/α-hetero) is 1. The van der Waals surface area contributed by atoms with Gasteiger partial charge in [0.2, 0.25) is 0 Å². The highest BCUT2D eigenvalue weighted by molar-refractivity contribution is 6.45. The summed E-state index contributed by atoms with van der Waals surface area (Å²) < 4.78 is 1.65. The molecule has 4 heterocycles. The van der Waals surface area contributed by atoms with Crippen LogP contribution < -0.4 is 0 Å². The number of amides is 2. The van der Waals surface area contributed by atoms with Gasteiger partial charge in [0.1, 0.15) is 0 Å². The molecule has 3 aromatic heterocycles. The van der Waals surface area contributed by atoms with Crippen LogP contribution in [0.2, 0.25) is 0 Å². The van der Waals surface area contributed by atoms with E-state index < -0.39 is 11.7 Å². The number of ketones is 1. The molecule has 9 nitrogen and oxygen atoms in total. The Bertz CT molecular complexity index is 1400. The van der Waals surface area contributed by atoms with Crippen LogP contribution in [0.4, 0.5) is 0 Å². The van der Waals surface area contributed by atoms with E-state index in [1.807, 2.05) is 38.1 Å². The number of nitrogens with one attached hydrogen (secondary N) is 1. The van der Waals surface area contributed by atoms with Crippen molar-refractivity contribution >= 4 is 28.5 Å². The molecule has 0 aliphatic carbocycles. The molecule has 9 heteroatoms. The predicted octanol–water partition coefficient (Wildman–Crippen LogP) is 2.53. The smallest absolute Gasteiger partial charge is 0.295 e. The lowest BCUT2D eigenvalue weighted by Crippen LogP contribution is -2.52. The Morgan fingerprint density at radius 2 is 1.65 bits per heavy atom. The van der Waals surface area contributed by atoms with E-state index in [4.69, 9.17) is 0 Å². The van der Waals surface area contributed by atoms with Gasteiger partial charge in [0.15, 0.2) is 5.82 Å². The van der Waals surface area contributed by atoms with E-state index in [1.165, 1.54) is 4.90 Å². The maximum Gasteiger partial charge on any atom is 0.295 e. The summed E-state index contributed by atoms with van der Waals surface area (Å²) in [6.07, 6.45) is 5.04. The molecule has 1 saturated heterocycles. The van der Waals surface area contributed by atoms with Crippen molar-refractivity contribution in [1.82, 2.24) is 29.5 Å². The molecule has 1 aromatic carbocycles. The monoisotopic (exact) mass is 456 g/mol. The zero-order valence-electron chi connectivity index (χ0n) is 19.0. The van der Waals surface area contributed by atoms with Crippen LogP contribution in [0.1, 0.15) is 32.0 Å². The summed E-state index contributed by atoms with van der Waals surface area (Å²) in [7, 11) is 0. The van der Waals surface area contributed by atoms with E-state index in [2.05, 4.69) is 15.1 Å². The molecule has 1 N–H and O–H groups in total. The van der Waals surface area contributed by atoms with E-state index in [-0.39, 0.29) is 5.91 Å². The van der Waals surface area contributed by atoms with Crippen molar-refractivity contribution in [1.29, 1.82) is 0 Å². The van der Waals surface area contributed by atoms with Crippen molar-refractivity contribution in [3.05, 3.63) is 77.4 Å². The number of carbonyl (C=O) groups is 3. The normalized spacial score (nSPS) is 13.9. The standard InChI is InChI=1S/C25H24N6O3/c1-16-14-27-23(31-9-8-17(2)28-31)21-20(16)19(15-26-21)22(32)25(34)30-12-10-29(11-13-30)24(33)18-6-4-3-5-7-18/h3-9,14-15,26H,10-13H2,1-2H3. The largest absolute Gasteiger partial charge is 0.357 e. The SMILES string of the molecule is Cc1ccn(-c2ncc(C)c3c(C(=O)C(=O)N4CCN(C(=O)c5ccccc5)CC4)c[nH]c23)n1. The van der Waals surface area contributed by atoms with Gasteiger partial charge in [-0.15, -0.1) is 0 Å². The van der Waals surface area contributed by atoms with E-state index in [9.17, 15) is 14.4 Å². The minimum absolute atomic E-state index is 0.0693. The molecule has 2 amide bonds. The molecule has 0 unspecified atom stereocenters. The van der Waals surface area contributed by atoms with Crippen molar-refractivity contribution in [3.8, 4) is 5.82 Å². The van der Waals surface area contributed by atoms with Gasteiger partial charge in [-0.1, -0.05) is 18.2 Å². The third-order valence-electron chi connectivity index (χ3n) is 6.13. The minimum atomic E-state index is -0.578. The lowest BCUT2D eigenvalue weighted by molar-refractivity contribution is -0.127. The van der Waals surface area contributed by atoms with Crippen molar-refractivity contribution in [2.24, 2.45) is 0 Å². The third kappa shape index (κ3) is 3.75. The summed E-state index contributed by atoms with van der Waals surface area (Å²) in [5, 5.41) is 5.07. The highest BCUT2D eigenvalue weighted by atomic mass is 16.2. The third-order valence-corrected chi connectivity index (χ3v) is 6.13. The van der Waals surface area contributed by atoms with Crippen LogP contribution >= 0.6 is 0 Å². The van der Waals surface area contributed by atoms with Crippen molar-refractivity contribution in [2.45, 2.75) is 13.8 Å². The first-order valence-corrected chi connectivity index (χ1v) is 11.1. The van der Waals surface area contributed by atoms with Crippen LogP contribution in [0.5, 0.6) is 0 Å². The van der Waals surface area contributed by atoms with Crippen molar-refractivity contribution in [2.75, 3.05) is 26.2 Å². The van der Waals surface area contributed by atoms with E-state index >= 15 is 0 Å². The van der Waals surface area contributed by atoms with Gasteiger partial charge in [0.25, 0.3) is 17.6 Å². The number of aromatic amines is 1. The molecule has 0 spiro atoms. The maximum absolute atomic E-state index is 13.2. The number of pyridine rings is 1. The van der Waals surface area contributed by atoms with Crippen LogP contribution in [-0.4, -0.2) is 73.3 Å². The van der Waals surface area contributed by atoms with E-state index in [0.717, 1.165) is 11.3 Å². The average molecular weight is 457 g/mol. The number of carbonyl (C=O) groups excluding carboxylic acids is 3. The Morgan fingerprint density at radius 1 is 0.941 bits per heavy atom. The molecule has 1 aliphatic heterocycles. The van der Waals surface area contributed by atoms with Gasteiger partial charge in [-0.2, -0.15) is 5.10 Å².